The van der Waals surface area contributed by atoms with Crippen molar-refractivity contribution in [3.63, 3.8) is 0 Å². The second-order valence-electron chi connectivity index (χ2n) is 4.37. The zero-order valence-corrected chi connectivity index (χ0v) is 10.7. The van der Waals surface area contributed by atoms with Crippen LogP contribution in [-0.2, 0) is 11.3 Å². The average Bonchev–Trinajstić information content (AvgIpc) is 2.84. The van der Waals surface area contributed by atoms with E-state index >= 15 is 0 Å². The number of hydrogen-bond acceptors (Lipinski definition) is 5. The van der Waals surface area contributed by atoms with Crippen LogP contribution in [0.3, 0.4) is 0 Å². The monoisotopic (exact) mass is 262 g/mol. The SMILES string of the molecule is CC(C)c1cc(=O)n(CC(=O)Nc2ccon2)cn1. The lowest BCUT2D eigenvalue weighted by atomic mass is 10.1. The number of hydrogen-bond donors (Lipinski definition) is 1. The molecule has 2 rings (SSSR count). The van der Waals surface area contributed by atoms with Crippen molar-refractivity contribution in [1.29, 1.82) is 0 Å². The summed E-state index contributed by atoms with van der Waals surface area (Å²) >= 11 is 0. The van der Waals surface area contributed by atoms with E-state index in [9.17, 15) is 9.59 Å². The van der Waals surface area contributed by atoms with Gasteiger partial charge < -0.3 is 9.84 Å². The molecule has 0 unspecified atom stereocenters. The van der Waals surface area contributed by atoms with Crippen LogP contribution in [0.25, 0.3) is 0 Å². The molecule has 0 aromatic carbocycles. The summed E-state index contributed by atoms with van der Waals surface area (Å²) in [6, 6.07) is 2.95. The molecule has 0 atom stereocenters. The van der Waals surface area contributed by atoms with Crippen molar-refractivity contribution in [3.8, 4) is 0 Å². The van der Waals surface area contributed by atoms with Gasteiger partial charge in [-0.25, -0.2) is 4.98 Å². The highest BCUT2D eigenvalue weighted by Crippen LogP contribution is 2.07. The molecule has 0 aliphatic rings. The standard InChI is InChI=1S/C12H14N4O3/c1-8(2)9-5-12(18)16(7-13-9)6-11(17)14-10-3-4-19-15-10/h3-5,7-8H,6H2,1-2H3,(H,14,15,17). The largest absolute Gasteiger partial charge is 0.363 e. The Hall–Kier alpha value is -2.44. The van der Waals surface area contributed by atoms with E-state index < -0.39 is 0 Å². The quantitative estimate of drug-likeness (QED) is 0.887. The Kier molecular flexibility index (Phi) is 3.74. The molecule has 1 amide bonds. The van der Waals surface area contributed by atoms with Gasteiger partial charge in [-0.1, -0.05) is 19.0 Å². The van der Waals surface area contributed by atoms with Gasteiger partial charge in [0, 0.05) is 12.1 Å². The number of carbonyl (C=O) groups excluding carboxylic acids is 1. The third kappa shape index (κ3) is 3.27. The van der Waals surface area contributed by atoms with Crippen LogP contribution in [0.1, 0.15) is 25.5 Å². The highest BCUT2D eigenvalue weighted by Gasteiger charge is 2.08. The molecule has 0 aliphatic heterocycles. The van der Waals surface area contributed by atoms with Crippen molar-refractivity contribution in [3.05, 3.63) is 40.8 Å². The highest BCUT2D eigenvalue weighted by molar-refractivity contribution is 5.89. The molecule has 0 saturated heterocycles. The van der Waals surface area contributed by atoms with Gasteiger partial charge in [-0.05, 0) is 5.92 Å². The molecule has 19 heavy (non-hydrogen) atoms. The number of anilines is 1. The predicted octanol–water partition coefficient (Wildman–Crippen LogP) is 0.993. The summed E-state index contributed by atoms with van der Waals surface area (Å²) in [4.78, 5) is 27.6. The molecule has 2 aromatic heterocycles. The second kappa shape index (κ2) is 5.47. The summed E-state index contributed by atoms with van der Waals surface area (Å²) in [6.07, 6.45) is 2.72. The molecule has 0 radical (unpaired) electrons. The Labute approximate surface area is 109 Å². The fraction of sp³-hybridized carbons (Fsp3) is 0.333. The lowest BCUT2D eigenvalue weighted by Crippen LogP contribution is -2.28. The van der Waals surface area contributed by atoms with Gasteiger partial charge in [0.05, 0.1) is 12.0 Å². The number of aromatic nitrogens is 3. The molecule has 0 bridgehead atoms. The molecular weight excluding hydrogens is 248 g/mol. The Morgan fingerprint density at radius 2 is 2.32 bits per heavy atom. The van der Waals surface area contributed by atoms with Crippen molar-refractivity contribution in [1.82, 2.24) is 14.7 Å². The van der Waals surface area contributed by atoms with Gasteiger partial charge in [0.15, 0.2) is 5.82 Å². The van der Waals surface area contributed by atoms with Crippen molar-refractivity contribution in [2.24, 2.45) is 0 Å². The first-order valence-corrected chi connectivity index (χ1v) is 5.83. The average molecular weight is 262 g/mol. The molecule has 2 aromatic rings. The molecule has 7 heteroatoms. The lowest BCUT2D eigenvalue weighted by Gasteiger charge is -2.07. The Bertz CT molecular complexity index is 616. The third-order valence-corrected chi connectivity index (χ3v) is 2.51. The first kappa shape index (κ1) is 13.0. The number of nitrogens with zero attached hydrogens (tertiary/aromatic N) is 3. The van der Waals surface area contributed by atoms with Crippen LogP contribution in [0.2, 0.25) is 0 Å². The number of amides is 1. The van der Waals surface area contributed by atoms with Gasteiger partial charge in [0.2, 0.25) is 5.91 Å². The maximum Gasteiger partial charge on any atom is 0.254 e. The maximum atomic E-state index is 11.8. The van der Waals surface area contributed by atoms with Crippen LogP contribution in [0.5, 0.6) is 0 Å². The molecule has 0 aliphatic carbocycles. The smallest absolute Gasteiger partial charge is 0.254 e. The van der Waals surface area contributed by atoms with Crippen LogP contribution >= 0.6 is 0 Å². The second-order valence-corrected chi connectivity index (χ2v) is 4.37. The summed E-state index contributed by atoms with van der Waals surface area (Å²) < 4.78 is 5.82. The molecule has 0 fully saturated rings. The fourth-order valence-electron chi connectivity index (χ4n) is 1.49. The lowest BCUT2D eigenvalue weighted by molar-refractivity contribution is -0.116. The van der Waals surface area contributed by atoms with Crippen LogP contribution in [-0.4, -0.2) is 20.6 Å². The van der Waals surface area contributed by atoms with Crippen LogP contribution in [0.4, 0.5) is 5.82 Å². The van der Waals surface area contributed by atoms with Crippen molar-refractivity contribution >= 4 is 11.7 Å². The van der Waals surface area contributed by atoms with E-state index in [4.69, 9.17) is 0 Å². The van der Waals surface area contributed by atoms with E-state index in [0.29, 0.717) is 11.5 Å². The molecule has 0 saturated carbocycles. The third-order valence-electron chi connectivity index (χ3n) is 2.51. The summed E-state index contributed by atoms with van der Waals surface area (Å²) in [5.74, 6) is 0.117. The summed E-state index contributed by atoms with van der Waals surface area (Å²) in [7, 11) is 0. The minimum Gasteiger partial charge on any atom is -0.363 e. The van der Waals surface area contributed by atoms with Crippen LogP contribution < -0.4 is 10.9 Å². The van der Waals surface area contributed by atoms with E-state index in [0.717, 1.165) is 0 Å². The zero-order valence-electron chi connectivity index (χ0n) is 10.7. The van der Waals surface area contributed by atoms with E-state index in [2.05, 4.69) is 20.0 Å². The van der Waals surface area contributed by atoms with E-state index in [1.54, 1.807) is 0 Å². The predicted molar refractivity (Wildman–Crippen MR) is 67.7 cm³/mol. The van der Waals surface area contributed by atoms with Crippen molar-refractivity contribution in [2.45, 2.75) is 26.3 Å². The molecule has 7 nitrogen and oxygen atoms in total. The normalized spacial score (nSPS) is 10.7. The van der Waals surface area contributed by atoms with Gasteiger partial charge >= 0.3 is 0 Å². The first-order valence-electron chi connectivity index (χ1n) is 5.83. The van der Waals surface area contributed by atoms with Gasteiger partial charge in [-0.3, -0.25) is 14.2 Å². The van der Waals surface area contributed by atoms with Gasteiger partial charge in [0.1, 0.15) is 12.8 Å². The van der Waals surface area contributed by atoms with Gasteiger partial charge in [0.25, 0.3) is 5.56 Å². The topological polar surface area (TPSA) is 90.0 Å². The number of rotatable bonds is 4. The minimum absolute atomic E-state index is 0.114. The highest BCUT2D eigenvalue weighted by atomic mass is 16.5. The Morgan fingerprint density at radius 3 is 2.89 bits per heavy atom. The van der Waals surface area contributed by atoms with Crippen molar-refractivity contribution in [2.75, 3.05) is 5.32 Å². The van der Waals surface area contributed by atoms with Crippen LogP contribution in [0.15, 0.2) is 34.0 Å². The van der Waals surface area contributed by atoms with E-state index in [-0.39, 0.29) is 23.9 Å². The van der Waals surface area contributed by atoms with Crippen LogP contribution in [0, 0.1) is 0 Å². The Morgan fingerprint density at radius 1 is 1.53 bits per heavy atom. The molecular formula is C12H14N4O3. The maximum absolute atomic E-state index is 11.8. The number of nitrogens with one attached hydrogen (secondary N) is 1. The number of carbonyl (C=O) groups is 1. The summed E-state index contributed by atoms with van der Waals surface area (Å²) in [5.41, 5.74) is 0.451. The summed E-state index contributed by atoms with van der Waals surface area (Å²) in [5, 5.41) is 6.05. The first-order chi connectivity index (χ1) is 9.06. The Balaban J connectivity index is 2.07. The summed E-state index contributed by atoms with van der Waals surface area (Å²) in [6.45, 7) is 3.78. The van der Waals surface area contributed by atoms with Gasteiger partial charge in [-0.15, -0.1) is 0 Å². The van der Waals surface area contributed by atoms with Crippen molar-refractivity contribution < 1.29 is 9.32 Å². The fourth-order valence-corrected chi connectivity index (χ4v) is 1.49. The van der Waals surface area contributed by atoms with E-state index in [1.807, 2.05) is 13.8 Å². The van der Waals surface area contributed by atoms with E-state index in [1.165, 1.54) is 29.3 Å². The minimum atomic E-state index is -0.366. The molecule has 100 valence electrons. The zero-order chi connectivity index (χ0) is 13.8. The molecule has 2 heterocycles. The molecule has 0 spiro atoms. The van der Waals surface area contributed by atoms with Gasteiger partial charge in [-0.2, -0.15) is 0 Å². The molecule has 1 N–H and O–H groups in total.